The lowest BCUT2D eigenvalue weighted by atomic mass is 10.1. The van der Waals surface area contributed by atoms with Gasteiger partial charge in [0.15, 0.2) is 0 Å². The van der Waals surface area contributed by atoms with E-state index >= 15 is 0 Å². The molecule has 2 unspecified atom stereocenters. The van der Waals surface area contributed by atoms with Crippen LogP contribution in [0.2, 0.25) is 5.02 Å². The third kappa shape index (κ3) is 3.04. The van der Waals surface area contributed by atoms with E-state index in [0.717, 1.165) is 23.0 Å². The van der Waals surface area contributed by atoms with Crippen molar-refractivity contribution in [1.29, 1.82) is 0 Å². The summed E-state index contributed by atoms with van der Waals surface area (Å²) in [5.41, 5.74) is 1.81. The molecule has 5 heteroatoms. The van der Waals surface area contributed by atoms with Crippen LogP contribution in [0.3, 0.4) is 0 Å². The SMILES string of the molecule is CCOP1(=O)C(c2ccc(Cl)cc2)=CC(CC)N1c1ccccc1. The smallest absolute Gasteiger partial charge is 0.310 e. The topological polar surface area (TPSA) is 29.5 Å². The van der Waals surface area contributed by atoms with Gasteiger partial charge < -0.3 is 4.52 Å². The molecule has 0 radical (unpaired) electrons. The summed E-state index contributed by atoms with van der Waals surface area (Å²) in [6.07, 6.45) is 2.93. The molecule has 0 fully saturated rings. The highest BCUT2D eigenvalue weighted by Crippen LogP contribution is 2.68. The van der Waals surface area contributed by atoms with Crippen LogP contribution >= 0.6 is 19.1 Å². The van der Waals surface area contributed by atoms with Gasteiger partial charge in [-0.1, -0.05) is 48.9 Å². The van der Waals surface area contributed by atoms with Crippen LogP contribution in [0.15, 0.2) is 60.7 Å². The highest BCUT2D eigenvalue weighted by Gasteiger charge is 2.45. The fourth-order valence-corrected chi connectivity index (χ4v) is 5.93. The number of rotatable bonds is 5. The van der Waals surface area contributed by atoms with Crippen molar-refractivity contribution in [3.8, 4) is 0 Å². The van der Waals surface area contributed by atoms with Crippen molar-refractivity contribution in [1.82, 2.24) is 0 Å². The number of nitrogens with zero attached hydrogens (tertiary/aromatic N) is 1. The molecular formula is C19H21ClNO2P. The molecule has 1 aliphatic heterocycles. The Hall–Kier alpha value is -1.54. The number of halogens is 1. The quantitative estimate of drug-likeness (QED) is 0.593. The van der Waals surface area contributed by atoms with Gasteiger partial charge in [-0.2, -0.15) is 0 Å². The Bertz CT molecular complexity index is 774. The summed E-state index contributed by atoms with van der Waals surface area (Å²) < 4.78 is 21.7. The Morgan fingerprint density at radius 3 is 2.33 bits per heavy atom. The molecule has 0 saturated heterocycles. The van der Waals surface area contributed by atoms with Gasteiger partial charge in [0.1, 0.15) is 0 Å². The van der Waals surface area contributed by atoms with Crippen LogP contribution < -0.4 is 4.67 Å². The van der Waals surface area contributed by atoms with Crippen molar-refractivity contribution >= 4 is 30.1 Å². The molecule has 0 aromatic heterocycles. The van der Waals surface area contributed by atoms with Crippen LogP contribution in [0.4, 0.5) is 5.69 Å². The lowest BCUT2D eigenvalue weighted by molar-refractivity contribution is 0.339. The molecule has 3 nitrogen and oxygen atoms in total. The van der Waals surface area contributed by atoms with E-state index in [1.807, 2.05) is 66.2 Å². The molecule has 2 aromatic rings. The first-order valence-corrected chi connectivity index (χ1v) is 10.1. The van der Waals surface area contributed by atoms with Crippen molar-refractivity contribution in [3.63, 3.8) is 0 Å². The Labute approximate surface area is 148 Å². The fraction of sp³-hybridized carbons (Fsp3) is 0.263. The molecule has 0 spiro atoms. The van der Waals surface area contributed by atoms with Gasteiger partial charge in [0, 0.05) is 10.7 Å². The molecule has 2 aromatic carbocycles. The van der Waals surface area contributed by atoms with Crippen LogP contribution in [-0.2, 0) is 9.09 Å². The van der Waals surface area contributed by atoms with Gasteiger partial charge in [-0.3, -0.25) is 9.24 Å². The van der Waals surface area contributed by atoms with Gasteiger partial charge in [-0.15, -0.1) is 0 Å². The molecule has 2 atom stereocenters. The van der Waals surface area contributed by atoms with Crippen molar-refractivity contribution in [2.24, 2.45) is 0 Å². The molecular weight excluding hydrogens is 341 g/mol. The highest BCUT2D eigenvalue weighted by molar-refractivity contribution is 7.71. The normalized spacial score (nSPS) is 23.4. The summed E-state index contributed by atoms with van der Waals surface area (Å²) in [5.74, 6) is 0. The Kier molecular flexibility index (Phi) is 5.15. The zero-order valence-corrected chi connectivity index (χ0v) is 15.5. The molecule has 1 aliphatic rings. The lowest BCUT2D eigenvalue weighted by Crippen LogP contribution is -2.27. The first kappa shape index (κ1) is 17.3. The van der Waals surface area contributed by atoms with E-state index in [-0.39, 0.29) is 6.04 Å². The van der Waals surface area contributed by atoms with E-state index in [1.165, 1.54) is 0 Å². The molecule has 0 N–H and O–H groups in total. The highest BCUT2D eigenvalue weighted by atomic mass is 35.5. The zero-order chi connectivity index (χ0) is 17.2. The van der Waals surface area contributed by atoms with E-state index in [2.05, 4.69) is 13.0 Å². The minimum atomic E-state index is -3.17. The first-order valence-electron chi connectivity index (χ1n) is 8.17. The van der Waals surface area contributed by atoms with E-state index in [1.54, 1.807) is 0 Å². The van der Waals surface area contributed by atoms with E-state index in [4.69, 9.17) is 16.1 Å². The van der Waals surface area contributed by atoms with Gasteiger partial charge in [0.2, 0.25) is 0 Å². The van der Waals surface area contributed by atoms with Gasteiger partial charge in [0.05, 0.1) is 18.0 Å². The molecule has 0 amide bonds. The average Bonchev–Trinajstić information content (AvgIpc) is 2.89. The largest absolute Gasteiger partial charge is 0.327 e. The minimum Gasteiger partial charge on any atom is -0.310 e. The van der Waals surface area contributed by atoms with Gasteiger partial charge in [-0.25, -0.2) is 0 Å². The Morgan fingerprint density at radius 1 is 1.08 bits per heavy atom. The second-order valence-electron chi connectivity index (χ2n) is 5.65. The number of benzene rings is 2. The lowest BCUT2D eigenvalue weighted by Gasteiger charge is -2.32. The van der Waals surface area contributed by atoms with Crippen molar-refractivity contribution in [2.75, 3.05) is 11.3 Å². The maximum atomic E-state index is 13.9. The maximum Gasteiger partial charge on any atom is 0.327 e. The predicted octanol–water partition coefficient (Wildman–Crippen LogP) is 6.21. The summed E-state index contributed by atoms with van der Waals surface area (Å²) in [6, 6.07) is 17.3. The van der Waals surface area contributed by atoms with Crippen LogP contribution in [0.5, 0.6) is 0 Å². The Balaban J connectivity index is 2.11. The summed E-state index contributed by atoms with van der Waals surface area (Å²) in [4.78, 5) is 0. The number of para-hydroxylation sites is 1. The predicted molar refractivity (Wildman–Crippen MR) is 102 cm³/mol. The van der Waals surface area contributed by atoms with Gasteiger partial charge in [-0.05, 0) is 49.2 Å². The second-order valence-corrected chi connectivity index (χ2v) is 8.30. The van der Waals surface area contributed by atoms with Gasteiger partial charge >= 0.3 is 7.52 Å². The number of hydrogen-bond donors (Lipinski definition) is 0. The van der Waals surface area contributed by atoms with Crippen molar-refractivity contribution < 1.29 is 9.09 Å². The van der Waals surface area contributed by atoms with Crippen LogP contribution in [0.1, 0.15) is 25.8 Å². The molecule has 0 bridgehead atoms. The molecule has 3 rings (SSSR count). The van der Waals surface area contributed by atoms with Crippen molar-refractivity contribution in [2.45, 2.75) is 26.3 Å². The van der Waals surface area contributed by atoms with Crippen LogP contribution in [0, 0.1) is 0 Å². The van der Waals surface area contributed by atoms with Crippen molar-refractivity contribution in [3.05, 3.63) is 71.3 Å². The van der Waals surface area contributed by atoms with E-state index in [9.17, 15) is 4.57 Å². The maximum absolute atomic E-state index is 13.9. The minimum absolute atomic E-state index is 0.0375. The summed E-state index contributed by atoms with van der Waals surface area (Å²) in [7, 11) is -3.17. The van der Waals surface area contributed by atoms with E-state index in [0.29, 0.717) is 11.6 Å². The molecule has 126 valence electrons. The average molecular weight is 362 g/mol. The first-order chi connectivity index (χ1) is 11.6. The van der Waals surface area contributed by atoms with Crippen LogP contribution in [0.25, 0.3) is 5.31 Å². The zero-order valence-electron chi connectivity index (χ0n) is 13.9. The third-order valence-electron chi connectivity index (χ3n) is 4.14. The second kappa shape index (κ2) is 7.14. The fourth-order valence-electron chi connectivity index (χ4n) is 3.06. The monoisotopic (exact) mass is 361 g/mol. The molecule has 0 saturated carbocycles. The number of hydrogen-bond acceptors (Lipinski definition) is 2. The third-order valence-corrected chi connectivity index (χ3v) is 7.11. The van der Waals surface area contributed by atoms with Crippen LogP contribution in [-0.4, -0.2) is 12.6 Å². The molecule has 1 heterocycles. The summed E-state index contributed by atoms with van der Waals surface area (Å²) in [5, 5.41) is 1.42. The summed E-state index contributed by atoms with van der Waals surface area (Å²) in [6.45, 7) is 4.36. The number of anilines is 1. The van der Waals surface area contributed by atoms with E-state index < -0.39 is 7.52 Å². The Morgan fingerprint density at radius 2 is 1.75 bits per heavy atom. The van der Waals surface area contributed by atoms with Gasteiger partial charge in [0.25, 0.3) is 0 Å². The summed E-state index contributed by atoms with van der Waals surface area (Å²) >= 11 is 6.00. The molecule has 24 heavy (non-hydrogen) atoms. The standard InChI is InChI=1S/C19H21ClNO2P/c1-3-17-14-19(15-10-12-16(20)13-11-15)24(22,23-4-2)21(17)18-8-6-5-7-9-18/h5-14,17H,3-4H2,1-2H3. The molecule has 0 aliphatic carbocycles.